The molecule has 1 heterocycles. The van der Waals surface area contributed by atoms with E-state index in [2.05, 4.69) is 17.1 Å². The fourth-order valence-electron chi connectivity index (χ4n) is 1.98. The first-order chi connectivity index (χ1) is 4.90. The van der Waals surface area contributed by atoms with Gasteiger partial charge in [0.25, 0.3) is 0 Å². The third-order valence-electron chi connectivity index (χ3n) is 2.47. The number of nitrogens with zero attached hydrogens (tertiary/aromatic N) is 1. The van der Waals surface area contributed by atoms with Gasteiger partial charge in [0.05, 0.1) is 6.61 Å². The van der Waals surface area contributed by atoms with Crippen molar-refractivity contribution in [1.82, 2.24) is 4.90 Å². The minimum atomic E-state index is 0.303. The molecule has 0 aromatic carbocycles. The molecular formula is C8H13NO. The Bertz CT molecular complexity index is 155. The van der Waals surface area contributed by atoms with Crippen LogP contribution in [0.3, 0.4) is 0 Å². The third kappa shape index (κ3) is 0.879. The molecule has 56 valence electrons. The van der Waals surface area contributed by atoms with E-state index in [9.17, 15) is 0 Å². The SMILES string of the molecule is OCCN1C[C@H]2C=C[C@@H]1C2. The molecule has 0 spiro atoms. The largest absolute Gasteiger partial charge is 0.395 e. The molecule has 2 nitrogen and oxygen atoms in total. The molecule has 0 aromatic rings. The number of hydrogen-bond acceptors (Lipinski definition) is 2. The van der Waals surface area contributed by atoms with Crippen molar-refractivity contribution < 1.29 is 5.11 Å². The van der Waals surface area contributed by atoms with E-state index in [-0.39, 0.29) is 0 Å². The first-order valence-electron chi connectivity index (χ1n) is 3.93. The predicted molar refractivity (Wildman–Crippen MR) is 39.7 cm³/mol. The monoisotopic (exact) mass is 139 g/mol. The van der Waals surface area contributed by atoms with Gasteiger partial charge >= 0.3 is 0 Å². The topological polar surface area (TPSA) is 23.5 Å². The van der Waals surface area contributed by atoms with Crippen LogP contribution >= 0.6 is 0 Å². The quantitative estimate of drug-likeness (QED) is 0.554. The Morgan fingerprint density at radius 3 is 2.90 bits per heavy atom. The fraction of sp³-hybridized carbons (Fsp3) is 0.750. The summed E-state index contributed by atoms with van der Waals surface area (Å²) in [5.74, 6) is 0.788. The number of aliphatic hydroxyl groups excluding tert-OH is 1. The van der Waals surface area contributed by atoms with E-state index >= 15 is 0 Å². The standard InChI is InChI=1S/C8H13NO/c10-4-3-9-6-7-1-2-8(9)5-7/h1-2,7-8,10H,3-6H2/t7-,8+/m0/s1. The van der Waals surface area contributed by atoms with Crippen LogP contribution < -0.4 is 0 Å². The second kappa shape index (κ2) is 2.36. The Labute approximate surface area is 61.1 Å². The normalized spacial score (nSPS) is 37.7. The minimum Gasteiger partial charge on any atom is -0.395 e. The molecule has 2 rings (SSSR count). The molecular weight excluding hydrogens is 126 g/mol. The maximum Gasteiger partial charge on any atom is 0.0558 e. The van der Waals surface area contributed by atoms with Crippen molar-refractivity contribution in [1.29, 1.82) is 0 Å². The number of likely N-dealkylation sites (tertiary alicyclic amines) is 1. The van der Waals surface area contributed by atoms with Crippen LogP contribution in [0.5, 0.6) is 0 Å². The van der Waals surface area contributed by atoms with Gasteiger partial charge in [0.1, 0.15) is 0 Å². The van der Waals surface area contributed by atoms with Crippen LogP contribution in [0.4, 0.5) is 0 Å². The molecule has 1 N–H and O–H groups in total. The van der Waals surface area contributed by atoms with Crippen LogP contribution in [-0.2, 0) is 0 Å². The van der Waals surface area contributed by atoms with E-state index in [1.54, 1.807) is 0 Å². The van der Waals surface area contributed by atoms with Crippen LogP contribution in [-0.4, -0.2) is 35.7 Å². The van der Waals surface area contributed by atoms with E-state index in [0.29, 0.717) is 12.6 Å². The summed E-state index contributed by atoms with van der Waals surface area (Å²) < 4.78 is 0. The number of aliphatic hydroxyl groups is 1. The lowest BCUT2D eigenvalue weighted by atomic mass is 10.2. The molecule has 0 aromatic heterocycles. The molecule has 0 radical (unpaired) electrons. The summed E-state index contributed by atoms with van der Waals surface area (Å²) >= 11 is 0. The maximum absolute atomic E-state index is 8.69. The Hall–Kier alpha value is -0.340. The highest BCUT2D eigenvalue weighted by atomic mass is 16.3. The van der Waals surface area contributed by atoms with Crippen molar-refractivity contribution in [2.24, 2.45) is 5.92 Å². The second-order valence-electron chi connectivity index (χ2n) is 3.17. The highest BCUT2D eigenvalue weighted by Crippen LogP contribution is 2.30. The Morgan fingerprint density at radius 1 is 1.50 bits per heavy atom. The van der Waals surface area contributed by atoms with Gasteiger partial charge in [-0.2, -0.15) is 0 Å². The van der Waals surface area contributed by atoms with Crippen molar-refractivity contribution in [3.8, 4) is 0 Å². The van der Waals surface area contributed by atoms with Gasteiger partial charge in [-0.05, 0) is 12.3 Å². The average molecular weight is 139 g/mol. The van der Waals surface area contributed by atoms with Gasteiger partial charge in [-0.1, -0.05) is 12.2 Å². The van der Waals surface area contributed by atoms with E-state index in [1.165, 1.54) is 13.0 Å². The highest BCUT2D eigenvalue weighted by Gasteiger charge is 2.32. The van der Waals surface area contributed by atoms with Crippen LogP contribution in [0.15, 0.2) is 12.2 Å². The lowest BCUT2D eigenvalue weighted by Gasteiger charge is -2.21. The molecule has 2 bridgehead atoms. The smallest absolute Gasteiger partial charge is 0.0558 e. The maximum atomic E-state index is 8.69. The van der Waals surface area contributed by atoms with Gasteiger partial charge < -0.3 is 5.11 Å². The number of β-amino-alcohol motifs (C(OH)–C–C–N with tert-alkyl or cyclic N) is 1. The summed E-state index contributed by atoms with van der Waals surface area (Å²) in [7, 11) is 0. The first-order valence-corrected chi connectivity index (χ1v) is 3.93. The summed E-state index contributed by atoms with van der Waals surface area (Å²) in [6.07, 6.45) is 5.86. The molecule has 0 unspecified atom stereocenters. The number of rotatable bonds is 2. The van der Waals surface area contributed by atoms with Gasteiger partial charge in [0.2, 0.25) is 0 Å². The molecule has 2 aliphatic rings. The zero-order valence-electron chi connectivity index (χ0n) is 6.03. The fourth-order valence-corrected chi connectivity index (χ4v) is 1.98. The summed E-state index contributed by atoms with van der Waals surface area (Å²) in [6, 6.07) is 0.650. The summed E-state index contributed by atoms with van der Waals surface area (Å²) in [4.78, 5) is 2.35. The van der Waals surface area contributed by atoms with Crippen LogP contribution in [0.1, 0.15) is 6.42 Å². The molecule has 0 amide bonds. The predicted octanol–water partition coefficient (Wildman–Crippen LogP) is 0.239. The van der Waals surface area contributed by atoms with Crippen LogP contribution in [0.25, 0.3) is 0 Å². The molecule has 1 aliphatic carbocycles. The molecule has 10 heavy (non-hydrogen) atoms. The van der Waals surface area contributed by atoms with E-state index in [1.807, 2.05) is 0 Å². The van der Waals surface area contributed by atoms with E-state index in [4.69, 9.17) is 5.11 Å². The molecule has 1 saturated heterocycles. The van der Waals surface area contributed by atoms with Crippen LogP contribution in [0, 0.1) is 5.92 Å². The molecule has 2 heteroatoms. The average Bonchev–Trinajstić information content (AvgIpc) is 2.48. The first kappa shape index (κ1) is 6.38. The number of hydrogen-bond donors (Lipinski definition) is 1. The van der Waals surface area contributed by atoms with Crippen molar-refractivity contribution in [3.63, 3.8) is 0 Å². The van der Waals surface area contributed by atoms with Crippen LogP contribution in [0.2, 0.25) is 0 Å². The third-order valence-corrected chi connectivity index (χ3v) is 2.47. The Kier molecular flexibility index (Phi) is 1.51. The van der Waals surface area contributed by atoms with Gasteiger partial charge in [0.15, 0.2) is 0 Å². The Morgan fingerprint density at radius 2 is 2.40 bits per heavy atom. The molecule has 2 atom stereocenters. The number of fused-ring (bicyclic) bond motifs is 2. The van der Waals surface area contributed by atoms with Crippen molar-refractivity contribution in [2.45, 2.75) is 12.5 Å². The Balaban J connectivity index is 1.96. The zero-order chi connectivity index (χ0) is 6.97. The van der Waals surface area contributed by atoms with Crippen molar-refractivity contribution in [2.75, 3.05) is 19.7 Å². The molecule has 1 aliphatic heterocycles. The highest BCUT2D eigenvalue weighted by molar-refractivity contribution is 5.12. The lowest BCUT2D eigenvalue weighted by molar-refractivity contribution is 0.197. The summed E-state index contributed by atoms with van der Waals surface area (Å²) in [5.41, 5.74) is 0. The van der Waals surface area contributed by atoms with Gasteiger partial charge in [0, 0.05) is 19.1 Å². The minimum absolute atomic E-state index is 0.303. The van der Waals surface area contributed by atoms with Gasteiger partial charge in [-0.25, -0.2) is 0 Å². The zero-order valence-corrected chi connectivity index (χ0v) is 6.03. The molecule has 1 fully saturated rings. The summed E-state index contributed by atoms with van der Waals surface area (Å²) in [6.45, 7) is 2.32. The molecule has 0 saturated carbocycles. The lowest BCUT2D eigenvalue weighted by Crippen LogP contribution is -2.32. The van der Waals surface area contributed by atoms with E-state index < -0.39 is 0 Å². The van der Waals surface area contributed by atoms with E-state index in [0.717, 1.165) is 12.5 Å². The van der Waals surface area contributed by atoms with Gasteiger partial charge in [-0.15, -0.1) is 0 Å². The second-order valence-corrected chi connectivity index (χ2v) is 3.17. The summed E-state index contributed by atoms with van der Waals surface area (Å²) in [5, 5.41) is 8.69. The van der Waals surface area contributed by atoms with Crippen molar-refractivity contribution >= 4 is 0 Å². The van der Waals surface area contributed by atoms with Gasteiger partial charge in [-0.3, -0.25) is 4.90 Å². The van der Waals surface area contributed by atoms with Crippen molar-refractivity contribution in [3.05, 3.63) is 12.2 Å².